The standard InChI is InChI=1S/C24H28N4O4/c1-16-20(14-26-27(16)2)24(29)28-9-10-32-23(15-28)21-7-5-17(13-25-21)11-18-12-19(30-3)6-8-22(18)31-4/h5-8,12-14,23H,9-11,15H2,1-4H3/t23-/m1/s1. The van der Waals surface area contributed by atoms with Gasteiger partial charge < -0.3 is 19.1 Å². The maximum Gasteiger partial charge on any atom is 0.257 e. The van der Waals surface area contributed by atoms with Crippen molar-refractivity contribution in [3.05, 3.63) is 70.8 Å². The van der Waals surface area contributed by atoms with Gasteiger partial charge in [0.25, 0.3) is 5.91 Å². The van der Waals surface area contributed by atoms with Crippen LogP contribution in [0.4, 0.5) is 0 Å². The Morgan fingerprint density at radius 2 is 2.03 bits per heavy atom. The van der Waals surface area contributed by atoms with E-state index in [9.17, 15) is 4.79 Å². The first-order chi connectivity index (χ1) is 15.5. The van der Waals surface area contributed by atoms with Gasteiger partial charge in [-0.2, -0.15) is 5.10 Å². The van der Waals surface area contributed by atoms with Crippen LogP contribution in [0.3, 0.4) is 0 Å². The first kappa shape index (κ1) is 21.8. The lowest BCUT2D eigenvalue weighted by molar-refractivity contribution is -0.0247. The lowest BCUT2D eigenvalue weighted by Crippen LogP contribution is -2.42. The smallest absolute Gasteiger partial charge is 0.257 e. The zero-order valence-corrected chi connectivity index (χ0v) is 18.9. The van der Waals surface area contributed by atoms with Crippen LogP contribution in [0.1, 0.15) is 39.0 Å². The van der Waals surface area contributed by atoms with E-state index in [1.807, 2.05) is 55.4 Å². The highest BCUT2D eigenvalue weighted by atomic mass is 16.5. The van der Waals surface area contributed by atoms with Crippen LogP contribution in [0.15, 0.2) is 42.7 Å². The summed E-state index contributed by atoms with van der Waals surface area (Å²) in [5.74, 6) is 1.57. The first-order valence-electron chi connectivity index (χ1n) is 10.6. The predicted octanol–water partition coefficient (Wildman–Crippen LogP) is 2.95. The maximum absolute atomic E-state index is 13.0. The molecule has 1 aliphatic heterocycles. The van der Waals surface area contributed by atoms with E-state index in [4.69, 9.17) is 14.2 Å². The van der Waals surface area contributed by atoms with Crippen molar-refractivity contribution in [3.8, 4) is 11.5 Å². The van der Waals surface area contributed by atoms with E-state index in [-0.39, 0.29) is 12.0 Å². The lowest BCUT2D eigenvalue weighted by atomic mass is 10.0. The maximum atomic E-state index is 13.0. The number of nitrogens with zero attached hydrogens (tertiary/aromatic N) is 4. The Balaban J connectivity index is 1.46. The molecule has 3 heterocycles. The van der Waals surface area contributed by atoms with Crippen molar-refractivity contribution in [2.75, 3.05) is 33.9 Å². The molecule has 1 fully saturated rings. The van der Waals surface area contributed by atoms with Gasteiger partial charge in [-0.1, -0.05) is 6.07 Å². The normalized spacial score (nSPS) is 16.1. The Morgan fingerprint density at radius 1 is 1.19 bits per heavy atom. The summed E-state index contributed by atoms with van der Waals surface area (Å²) in [5.41, 5.74) is 4.37. The number of hydrogen-bond acceptors (Lipinski definition) is 6. The number of benzene rings is 1. The molecule has 0 aliphatic carbocycles. The number of carbonyl (C=O) groups excluding carboxylic acids is 1. The van der Waals surface area contributed by atoms with E-state index in [0.717, 1.165) is 34.0 Å². The van der Waals surface area contributed by atoms with Gasteiger partial charge in [0, 0.05) is 37.5 Å². The monoisotopic (exact) mass is 436 g/mol. The van der Waals surface area contributed by atoms with Crippen LogP contribution in [0.25, 0.3) is 0 Å². The first-order valence-corrected chi connectivity index (χ1v) is 10.6. The average molecular weight is 437 g/mol. The molecule has 4 rings (SSSR count). The van der Waals surface area contributed by atoms with E-state index in [0.29, 0.717) is 31.7 Å². The molecule has 1 saturated heterocycles. The molecule has 1 aliphatic rings. The predicted molar refractivity (Wildman–Crippen MR) is 119 cm³/mol. The quantitative estimate of drug-likeness (QED) is 0.591. The van der Waals surface area contributed by atoms with Gasteiger partial charge in [0.05, 0.1) is 44.8 Å². The number of pyridine rings is 1. The Kier molecular flexibility index (Phi) is 6.41. The lowest BCUT2D eigenvalue weighted by Gasteiger charge is -2.32. The van der Waals surface area contributed by atoms with Crippen molar-refractivity contribution in [3.63, 3.8) is 0 Å². The summed E-state index contributed by atoms with van der Waals surface area (Å²) >= 11 is 0. The summed E-state index contributed by atoms with van der Waals surface area (Å²) in [6.45, 7) is 3.39. The third-order valence-electron chi connectivity index (χ3n) is 5.88. The van der Waals surface area contributed by atoms with Gasteiger partial charge in [-0.25, -0.2) is 0 Å². The molecular formula is C24H28N4O4. The minimum Gasteiger partial charge on any atom is -0.497 e. The minimum atomic E-state index is -0.259. The van der Waals surface area contributed by atoms with Crippen molar-refractivity contribution in [1.29, 1.82) is 0 Å². The molecule has 0 bridgehead atoms. The van der Waals surface area contributed by atoms with Crippen LogP contribution in [0, 0.1) is 6.92 Å². The highest BCUT2D eigenvalue weighted by Gasteiger charge is 2.28. The summed E-state index contributed by atoms with van der Waals surface area (Å²) in [5, 5.41) is 4.19. The molecule has 8 nitrogen and oxygen atoms in total. The number of carbonyl (C=O) groups is 1. The second-order valence-electron chi connectivity index (χ2n) is 7.82. The van der Waals surface area contributed by atoms with Crippen molar-refractivity contribution >= 4 is 5.91 Å². The number of hydrogen-bond donors (Lipinski definition) is 0. The number of aryl methyl sites for hydroxylation is 1. The molecule has 8 heteroatoms. The number of morpholine rings is 1. The van der Waals surface area contributed by atoms with E-state index in [2.05, 4.69) is 10.1 Å². The Morgan fingerprint density at radius 3 is 2.69 bits per heavy atom. The van der Waals surface area contributed by atoms with Crippen molar-refractivity contribution in [2.45, 2.75) is 19.4 Å². The third kappa shape index (κ3) is 4.45. The Bertz CT molecular complexity index is 1090. The second kappa shape index (κ2) is 9.40. The van der Waals surface area contributed by atoms with E-state index >= 15 is 0 Å². The van der Waals surface area contributed by atoms with Gasteiger partial charge in [0.1, 0.15) is 17.6 Å². The van der Waals surface area contributed by atoms with Gasteiger partial charge in [-0.15, -0.1) is 0 Å². The van der Waals surface area contributed by atoms with Crippen molar-refractivity contribution < 1.29 is 19.0 Å². The topological polar surface area (TPSA) is 78.7 Å². The van der Waals surface area contributed by atoms with Gasteiger partial charge in [-0.05, 0) is 36.8 Å². The fourth-order valence-electron chi connectivity index (χ4n) is 3.86. The summed E-state index contributed by atoms with van der Waals surface area (Å²) < 4.78 is 18.5. The summed E-state index contributed by atoms with van der Waals surface area (Å²) in [4.78, 5) is 19.4. The highest BCUT2D eigenvalue weighted by molar-refractivity contribution is 5.95. The highest BCUT2D eigenvalue weighted by Crippen LogP contribution is 2.27. The van der Waals surface area contributed by atoms with Crippen LogP contribution < -0.4 is 9.47 Å². The molecule has 32 heavy (non-hydrogen) atoms. The van der Waals surface area contributed by atoms with Gasteiger partial charge in [0.2, 0.25) is 0 Å². The van der Waals surface area contributed by atoms with Gasteiger partial charge in [0.15, 0.2) is 0 Å². The minimum absolute atomic E-state index is 0.0226. The zero-order chi connectivity index (χ0) is 22.7. The van der Waals surface area contributed by atoms with Crippen LogP contribution in [-0.2, 0) is 18.2 Å². The Hall–Kier alpha value is -3.39. The molecule has 0 saturated carbocycles. The molecule has 0 unspecified atom stereocenters. The number of amides is 1. The van der Waals surface area contributed by atoms with E-state index in [1.165, 1.54) is 0 Å². The van der Waals surface area contributed by atoms with Gasteiger partial charge >= 0.3 is 0 Å². The van der Waals surface area contributed by atoms with Crippen molar-refractivity contribution in [1.82, 2.24) is 19.7 Å². The SMILES string of the molecule is COc1ccc(OC)c(Cc2ccc([C@H]3CN(C(=O)c4cnn(C)c4C)CCO3)nc2)c1. The fourth-order valence-corrected chi connectivity index (χ4v) is 3.86. The Labute approximate surface area is 187 Å². The van der Waals surface area contributed by atoms with Crippen LogP contribution in [-0.4, -0.2) is 59.5 Å². The third-order valence-corrected chi connectivity index (χ3v) is 5.88. The number of ether oxygens (including phenoxy) is 3. The van der Waals surface area contributed by atoms with Gasteiger partial charge in [-0.3, -0.25) is 14.5 Å². The number of methoxy groups -OCH3 is 2. The largest absolute Gasteiger partial charge is 0.497 e. The molecule has 0 N–H and O–H groups in total. The zero-order valence-electron chi connectivity index (χ0n) is 18.9. The molecule has 1 amide bonds. The van der Waals surface area contributed by atoms with Crippen molar-refractivity contribution in [2.24, 2.45) is 7.05 Å². The number of rotatable bonds is 6. The molecule has 2 aromatic heterocycles. The molecule has 168 valence electrons. The van der Waals surface area contributed by atoms with Crippen LogP contribution in [0.2, 0.25) is 0 Å². The van der Waals surface area contributed by atoms with E-state index < -0.39 is 0 Å². The number of aromatic nitrogens is 3. The fraction of sp³-hybridized carbons (Fsp3) is 0.375. The average Bonchev–Trinajstić information content (AvgIpc) is 3.17. The summed E-state index contributed by atoms with van der Waals surface area (Å²) in [7, 11) is 5.14. The molecule has 0 radical (unpaired) electrons. The van der Waals surface area contributed by atoms with Crippen LogP contribution >= 0.6 is 0 Å². The molecular weight excluding hydrogens is 408 g/mol. The van der Waals surface area contributed by atoms with E-state index in [1.54, 1.807) is 25.1 Å². The molecule has 1 aromatic carbocycles. The second-order valence-corrected chi connectivity index (χ2v) is 7.82. The summed E-state index contributed by atoms with van der Waals surface area (Å²) in [6.07, 6.45) is 3.89. The molecule has 1 atom stereocenters. The molecule has 0 spiro atoms. The molecule has 3 aromatic rings. The summed E-state index contributed by atoms with van der Waals surface area (Å²) in [6, 6.07) is 9.76. The van der Waals surface area contributed by atoms with Crippen LogP contribution in [0.5, 0.6) is 11.5 Å².